The molecule has 0 spiro atoms. The second-order valence-corrected chi connectivity index (χ2v) is 8.01. The molecule has 0 unspecified atom stereocenters. The molecule has 0 radical (unpaired) electrons. The van der Waals surface area contributed by atoms with Crippen LogP contribution in [0.1, 0.15) is 12.8 Å². The smallest absolute Gasteiger partial charge is 0.229 e. The Kier molecular flexibility index (Phi) is 5.93. The molecular formula is C22H26N8O2. The third-order valence-electron chi connectivity index (χ3n) is 5.92. The van der Waals surface area contributed by atoms with E-state index in [4.69, 9.17) is 4.74 Å². The van der Waals surface area contributed by atoms with Crippen LogP contribution in [-0.4, -0.2) is 70.3 Å². The van der Waals surface area contributed by atoms with Gasteiger partial charge in [-0.15, -0.1) is 10.2 Å². The summed E-state index contributed by atoms with van der Waals surface area (Å²) in [6, 6.07) is 11.8. The van der Waals surface area contributed by atoms with E-state index in [1.54, 1.807) is 11.0 Å². The SMILES string of the molecule is O=C(Nc1ccc(N2CCOCC2)cc1)[C@@H]1CCCN(c2ccc(-n3cncn3)nn2)C1. The van der Waals surface area contributed by atoms with E-state index in [1.165, 1.54) is 6.33 Å². The van der Waals surface area contributed by atoms with Crippen LogP contribution in [0.5, 0.6) is 0 Å². The van der Waals surface area contributed by atoms with E-state index in [9.17, 15) is 4.79 Å². The first-order chi connectivity index (χ1) is 15.8. The van der Waals surface area contributed by atoms with Crippen LogP contribution in [0.25, 0.3) is 5.82 Å². The number of benzene rings is 1. The van der Waals surface area contributed by atoms with Crippen LogP contribution in [0.2, 0.25) is 0 Å². The van der Waals surface area contributed by atoms with Gasteiger partial charge in [-0.25, -0.2) is 9.67 Å². The maximum absolute atomic E-state index is 12.9. The molecule has 2 aromatic heterocycles. The molecule has 0 saturated carbocycles. The Hall–Kier alpha value is -3.53. The van der Waals surface area contributed by atoms with Crippen LogP contribution in [0.15, 0.2) is 49.1 Å². The fraction of sp³-hybridized carbons (Fsp3) is 0.409. The van der Waals surface area contributed by atoms with Crippen molar-refractivity contribution in [2.75, 3.05) is 54.5 Å². The Morgan fingerprint density at radius 3 is 2.47 bits per heavy atom. The Labute approximate surface area is 186 Å². The maximum Gasteiger partial charge on any atom is 0.229 e. The van der Waals surface area contributed by atoms with Gasteiger partial charge in [0.2, 0.25) is 5.91 Å². The predicted octanol–water partition coefficient (Wildman–Crippen LogP) is 1.75. The van der Waals surface area contributed by atoms with Crippen molar-refractivity contribution in [3.8, 4) is 5.82 Å². The van der Waals surface area contributed by atoms with Crippen molar-refractivity contribution in [1.29, 1.82) is 0 Å². The molecule has 10 heteroatoms. The summed E-state index contributed by atoms with van der Waals surface area (Å²) in [6.07, 6.45) is 4.83. The van der Waals surface area contributed by atoms with Gasteiger partial charge in [0.15, 0.2) is 11.6 Å². The first-order valence-corrected chi connectivity index (χ1v) is 10.9. The lowest BCUT2D eigenvalue weighted by Crippen LogP contribution is -2.41. The number of nitrogens with zero attached hydrogens (tertiary/aromatic N) is 7. The van der Waals surface area contributed by atoms with Gasteiger partial charge in [-0.2, -0.15) is 5.10 Å². The first kappa shape index (κ1) is 20.4. The fourth-order valence-corrected chi connectivity index (χ4v) is 4.16. The van der Waals surface area contributed by atoms with Crippen LogP contribution in [0, 0.1) is 5.92 Å². The number of morpholine rings is 1. The average Bonchev–Trinajstić information content (AvgIpc) is 3.40. The Morgan fingerprint density at radius 1 is 0.969 bits per heavy atom. The van der Waals surface area contributed by atoms with Gasteiger partial charge in [0.1, 0.15) is 12.7 Å². The van der Waals surface area contributed by atoms with E-state index in [-0.39, 0.29) is 11.8 Å². The zero-order valence-electron chi connectivity index (χ0n) is 17.8. The van der Waals surface area contributed by atoms with Gasteiger partial charge in [0.05, 0.1) is 19.1 Å². The van der Waals surface area contributed by atoms with Crippen molar-refractivity contribution >= 4 is 23.1 Å². The highest BCUT2D eigenvalue weighted by molar-refractivity contribution is 5.93. The number of nitrogens with one attached hydrogen (secondary N) is 1. The molecule has 166 valence electrons. The number of rotatable bonds is 5. The van der Waals surface area contributed by atoms with E-state index in [2.05, 4.69) is 47.5 Å². The molecule has 2 fully saturated rings. The van der Waals surface area contributed by atoms with Crippen LogP contribution in [0.3, 0.4) is 0 Å². The van der Waals surface area contributed by atoms with Gasteiger partial charge >= 0.3 is 0 Å². The van der Waals surface area contributed by atoms with Crippen LogP contribution in [0.4, 0.5) is 17.2 Å². The summed E-state index contributed by atoms with van der Waals surface area (Å²) in [5.74, 6) is 1.32. The third kappa shape index (κ3) is 4.54. The summed E-state index contributed by atoms with van der Waals surface area (Å²) in [7, 11) is 0. The van der Waals surface area contributed by atoms with Crippen molar-refractivity contribution in [3.05, 3.63) is 49.1 Å². The molecule has 5 rings (SSSR count). The number of anilines is 3. The molecule has 1 amide bonds. The van der Waals surface area contributed by atoms with Gasteiger partial charge in [0.25, 0.3) is 0 Å². The lowest BCUT2D eigenvalue weighted by atomic mass is 9.97. The normalized spacial score (nSPS) is 19.1. The van der Waals surface area contributed by atoms with Crippen molar-refractivity contribution < 1.29 is 9.53 Å². The number of ether oxygens (including phenoxy) is 1. The minimum atomic E-state index is -0.0977. The van der Waals surface area contributed by atoms with Gasteiger partial charge < -0.3 is 19.9 Å². The molecule has 1 aromatic carbocycles. The average molecular weight is 435 g/mol. The lowest BCUT2D eigenvalue weighted by Gasteiger charge is -2.32. The van der Waals surface area contributed by atoms with Crippen molar-refractivity contribution in [2.45, 2.75) is 12.8 Å². The van der Waals surface area contributed by atoms with Crippen molar-refractivity contribution in [3.63, 3.8) is 0 Å². The lowest BCUT2D eigenvalue weighted by molar-refractivity contribution is -0.120. The summed E-state index contributed by atoms with van der Waals surface area (Å²) in [6.45, 7) is 4.78. The molecule has 1 N–H and O–H groups in total. The maximum atomic E-state index is 12.9. The molecule has 3 aromatic rings. The second kappa shape index (κ2) is 9.31. The van der Waals surface area contributed by atoms with Gasteiger partial charge in [-0.1, -0.05) is 0 Å². The third-order valence-corrected chi connectivity index (χ3v) is 5.92. The monoisotopic (exact) mass is 434 g/mol. The van der Waals surface area contributed by atoms with Crippen LogP contribution in [-0.2, 0) is 9.53 Å². The molecule has 2 aliphatic rings. The predicted molar refractivity (Wildman–Crippen MR) is 120 cm³/mol. The molecule has 10 nitrogen and oxygen atoms in total. The summed E-state index contributed by atoms with van der Waals surface area (Å²) in [5.41, 5.74) is 1.98. The molecule has 0 aliphatic carbocycles. The number of piperidine rings is 1. The summed E-state index contributed by atoms with van der Waals surface area (Å²) in [4.78, 5) is 21.3. The number of amides is 1. The number of hydrogen-bond acceptors (Lipinski definition) is 8. The highest BCUT2D eigenvalue weighted by Crippen LogP contribution is 2.24. The van der Waals surface area contributed by atoms with E-state index < -0.39 is 0 Å². The summed E-state index contributed by atoms with van der Waals surface area (Å²) >= 11 is 0. The van der Waals surface area contributed by atoms with E-state index in [0.29, 0.717) is 12.4 Å². The minimum Gasteiger partial charge on any atom is -0.378 e. The summed E-state index contributed by atoms with van der Waals surface area (Å²) < 4.78 is 6.97. The van der Waals surface area contributed by atoms with Crippen molar-refractivity contribution in [1.82, 2.24) is 25.0 Å². The van der Waals surface area contributed by atoms with E-state index >= 15 is 0 Å². The first-order valence-electron chi connectivity index (χ1n) is 10.9. The van der Waals surface area contributed by atoms with Crippen molar-refractivity contribution in [2.24, 2.45) is 5.92 Å². The Balaban J connectivity index is 1.19. The molecule has 0 bridgehead atoms. The quantitative estimate of drug-likeness (QED) is 0.648. The van der Waals surface area contributed by atoms with E-state index in [0.717, 1.165) is 62.9 Å². The van der Waals surface area contributed by atoms with E-state index in [1.807, 2.05) is 24.3 Å². The van der Waals surface area contributed by atoms with Crippen LogP contribution < -0.4 is 15.1 Å². The zero-order chi connectivity index (χ0) is 21.8. The number of hydrogen-bond donors (Lipinski definition) is 1. The number of carbonyl (C=O) groups excluding carboxylic acids is 1. The van der Waals surface area contributed by atoms with Gasteiger partial charge in [-0.3, -0.25) is 4.79 Å². The molecule has 4 heterocycles. The molecule has 1 atom stereocenters. The summed E-state index contributed by atoms with van der Waals surface area (Å²) in [5, 5.41) is 15.7. The highest BCUT2D eigenvalue weighted by Gasteiger charge is 2.27. The largest absolute Gasteiger partial charge is 0.378 e. The van der Waals surface area contributed by atoms with Gasteiger partial charge in [-0.05, 0) is 49.2 Å². The molecular weight excluding hydrogens is 408 g/mol. The standard InChI is InChI=1S/C22H26N8O2/c31-22(25-18-3-5-19(6-4-18)28-10-12-32-13-11-28)17-2-1-9-29(14-17)20-7-8-21(27-26-20)30-16-23-15-24-30/h3-8,15-17H,1-2,9-14H2,(H,25,31)/t17-/m1/s1. The number of carbonyl (C=O) groups is 1. The van der Waals surface area contributed by atoms with Crippen LogP contribution >= 0.6 is 0 Å². The fourth-order valence-electron chi connectivity index (χ4n) is 4.16. The number of aromatic nitrogens is 5. The molecule has 2 aliphatic heterocycles. The molecule has 2 saturated heterocycles. The highest BCUT2D eigenvalue weighted by atomic mass is 16.5. The second-order valence-electron chi connectivity index (χ2n) is 8.01. The minimum absolute atomic E-state index is 0.0426. The Morgan fingerprint density at radius 2 is 1.75 bits per heavy atom. The zero-order valence-corrected chi connectivity index (χ0v) is 17.8. The van der Waals surface area contributed by atoms with Gasteiger partial charge in [0, 0.05) is 37.6 Å². The topological polar surface area (TPSA) is 101 Å². The Bertz CT molecular complexity index is 1020. The molecule has 32 heavy (non-hydrogen) atoms.